The van der Waals surface area contributed by atoms with Crippen molar-refractivity contribution in [3.05, 3.63) is 17.5 Å². The molecule has 7 nitrogen and oxygen atoms in total. The van der Waals surface area contributed by atoms with Gasteiger partial charge in [-0.25, -0.2) is 9.97 Å². The Balaban J connectivity index is 1.73. The van der Waals surface area contributed by atoms with E-state index in [0.717, 1.165) is 42.3 Å². The first kappa shape index (κ1) is 14.9. The standard InChI is InChI=1S/C15H21N5O2/c1-10-8-11(2)17-15(16-10)18-20-13(21)9-12(14(20)22)19-6-4-3-5-7-19/h8,12H,3-7,9H2,1-2H3,(H,16,17,18)/p+1/t12-/m1/s1. The fraction of sp³-hybridized carbons (Fsp3) is 0.600. The van der Waals surface area contributed by atoms with Gasteiger partial charge in [-0.15, -0.1) is 0 Å². The Morgan fingerprint density at radius 1 is 1.14 bits per heavy atom. The van der Waals surface area contributed by atoms with Crippen LogP contribution < -0.4 is 10.3 Å². The van der Waals surface area contributed by atoms with Gasteiger partial charge in [-0.3, -0.25) is 15.0 Å². The summed E-state index contributed by atoms with van der Waals surface area (Å²) >= 11 is 0. The molecule has 1 atom stereocenters. The van der Waals surface area contributed by atoms with Gasteiger partial charge in [-0.2, -0.15) is 5.01 Å². The predicted octanol–water partition coefficient (Wildman–Crippen LogP) is -0.383. The Labute approximate surface area is 129 Å². The molecule has 2 N–H and O–H groups in total. The highest BCUT2D eigenvalue weighted by atomic mass is 16.2. The van der Waals surface area contributed by atoms with Crippen LogP contribution in [0.4, 0.5) is 5.95 Å². The van der Waals surface area contributed by atoms with Gasteiger partial charge < -0.3 is 4.90 Å². The summed E-state index contributed by atoms with van der Waals surface area (Å²) < 4.78 is 0. The predicted molar refractivity (Wildman–Crippen MR) is 79.9 cm³/mol. The third kappa shape index (κ3) is 2.94. The number of amides is 2. The molecule has 1 aromatic rings. The van der Waals surface area contributed by atoms with Crippen LogP contribution >= 0.6 is 0 Å². The van der Waals surface area contributed by atoms with Gasteiger partial charge in [0, 0.05) is 11.4 Å². The summed E-state index contributed by atoms with van der Waals surface area (Å²) in [6.07, 6.45) is 3.74. The zero-order valence-electron chi connectivity index (χ0n) is 13.1. The largest absolute Gasteiger partial charge is 0.324 e. The SMILES string of the molecule is Cc1cc(C)nc(NN2C(=O)C[C@@H]([NH+]3CCCCC3)C2=O)n1. The van der Waals surface area contributed by atoms with Crippen molar-refractivity contribution in [2.24, 2.45) is 0 Å². The number of imide groups is 1. The van der Waals surface area contributed by atoms with E-state index in [1.165, 1.54) is 11.3 Å². The van der Waals surface area contributed by atoms with Crippen LogP contribution in [-0.4, -0.2) is 45.9 Å². The van der Waals surface area contributed by atoms with E-state index in [2.05, 4.69) is 15.4 Å². The smallest absolute Gasteiger partial charge is 0.306 e. The van der Waals surface area contributed by atoms with Crippen molar-refractivity contribution in [1.29, 1.82) is 0 Å². The third-order valence-electron chi connectivity index (χ3n) is 4.33. The van der Waals surface area contributed by atoms with Crippen LogP contribution in [0, 0.1) is 13.8 Å². The van der Waals surface area contributed by atoms with E-state index < -0.39 is 0 Å². The summed E-state index contributed by atoms with van der Waals surface area (Å²) in [6.45, 7) is 5.65. The van der Waals surface area contributed by atoms with Gasteiger partial charge >= 0.3 is 5.91 Å². The van der Waals surface area contributed by atoms with Gasteiger partial charge in [-0.05, 0) is 39.2 Å². The molecular weight excluding hydrogens is 282 g/mol. The molecule has 22 heavy (non-hydrogen) atoms. The highest BCUT2D eigenvalue weighted by Gasteiger charge is 2.45. The van der Waals surface area contributed by atoms with Crippen LogP contribution in [-0.2, 0) is 9.59 Å². The van der Waals surface area contributed by atoms with Gasteiger partial charge in [-0.1, -0.05) is 0 Å². The second kappa shape index (κ2) is 6.00. The van der Waals surface area contributed by atoms with Crippen LogP contribution in [0.3, 0.4) is 0 Å². The number of carbonyl (C=O) groups excluding carboxylic acids is 2. The lowest BCUT2D eigenvalue weighted by molar-refractivity contribution is -0.919. The van der Waals surface area contributed by atoms with Gasteiger partial charge in [0.2, 0.25) is 5.95 Å². The molecule has 2 saturated heterocycles. The minimum absolute atomic E-state index is 0.162. The van der Waals surface area contributed by atoms with Crippen molar-refractivity contribution in [2.45, 2.75) is 45.6 Å². The molecule has 0 saturated carbocycles. The Morgan fingerprint density at radius 2 is 1.77 bits per heavy atom. The summed E-state index contributed by atoms with van der Waals surface area (Å²) in [4.78, 5) is 34.4. The lowest BCUT2D eigenvalue weighted by Gasteiger charge is -2.27. The van der Waals surface area contributed by atoms with E-state index in [-0.39, 0.29) is 24.3 Å². The van der Waals surface area contributed by atoms with Crippen molar-refractivity contribution in [1.82, 2.24) is 15.0 Å². The van der Waals surface area contributed by atoms with Crippen molar-refractivity contribution < 1.29 is 14.5 Å². The zero-order chi connectivity index (χ0) is 15.7. The van der Waals surface area contributed by atoms with E-state index in [9.17, 15) is 9.59 Å². The number of hydrazine groups is 1. The molecule has 0 spiro atoms. The number of quaternary nitrogens is 1. The average Bonchev–Trinajstić information content (AvgIpc) is 2.75. The number of carbonyl (C=O) groups is 2. The van der Waals surface area contributed by atoms with Gasteiger partial charge in [0.25, 0.3) is 5.91 Å². The lowest BCUT2D eigenvalue weighted by Crippen LogP contribution is -3.17. The molecular formula is C15H22N5O2+. The van der Waals surface area contributed by atoms with Crippen LogP contribution in [0.5, 0.6) is 0 Å². The molecule has 7 heteroatoms. The molecule has 0 aliphatic carbocycles. The highest BCUT2D eigenvalue weighted by molar-refractivity contribution is 6.05. The number of hydrogen-bond donors (Lipinski definition) is 2. The number of nitrogens with zero attached hydrogens (tertiary/aromatic N) is 3. The maximum atomic E-state index is 12.6. The first-order valence-electron chi connectivity index (χ1n) is 7.85. The molecule has 0 aromatic carbocycles. The molecule has 3 rings (SSSR count). The van der Waals surface area contributed by atoms with Gasteiger partial charge in [0.1, 0.15) is 0 Å². The number of likely N-dealkylation sites (tertiary alicyclic amines) is 1. The molecule has 118 valence electrons. The number of nitrogens with one attached hydrogen (secondary N) is 2. The summed E-state index contributed by atoms with van der Waals surface area (Å²) in [5.74, 6) is -0.0611. The molecule has 2 amide bonds. The van der Waals surface area contributed by atoms with E-state index in [0.29, 0.717) is 5.95 Å². The molecule has 0 radical (unpaired) electrons. The molecule has 2 aliphatic rings. The highest BCUT2D eigenvalue weighted by Crippen LogP contribution is 2.14. The van der Waals surface area contributed by atoms with Crippen LogP contribution in [0.2, 0.25) is 0 Å². The topological polar surface area (TPSA) is 79.6 Å². The second-order valence-electron chi connectivity index (χ2n) is 6.13. The number of aromatic nitrogens is 2. The number of aryl methyl sites for hydroxylation is 2. The Kier molecular flexibility index (Phi) is 4.06. The first-order chi connectivity index (χ1) is 10.5. The Hall–Kier alpha value is -2.02. The number of hydrogen-bond acceptors (Lipinski definition) is 5. The van der Waals surface area contributed by atoms with E-state index in [1.807, 2.05) is 19.9 Å². The molecule has 3 heterocycles. The summed E-state index contributed by atoms with van der Waals surface area (Å²) in [7, 11) is 0. The monoisotopic (exact) mass is 304 g/mol. The number of anilines is 1. The lowest BCUT2D eigenvalue weighted by atomic mass is 10.1. The normalized spacial score (nSPS) is 23.2. The summed E-state index contributed by atoms with van der Waals surface area (Å²) in [5, 5.41) is 1.10. The Bertz CT molecular complexity index is 577. The molecule has 2 fully saturated rings. The molecule has 2 aliphatic heterocycles. The van der Waals surface area contributed by atoms with Crippen molar-refractivity contribution in [3.63, 3.8) is 0 Å². The van der Waals surface area contributed by atoms with Crippen molar-refractivity contribution >= 4 is 17.8 Å². The number of rotatable bonds is 3. The van der Waals surface area contributed by atoms with Crippen LogP contribution in [0.15, 0.2) is 6.07 Å². The maximum Gasteiger partial charge on any atom is 0.306 e. The van der Waals surface area contributed by atoms with Gasteiger partial charge in [0.15, 0.2) is 6.04 Å². The minimum atomic E-state index is -0.258. The van der Waals surface area contributed by atoms with E-state index >= 15 is 0 Å². The van der Waals surface area contributed by atoms with Gasteiger partial charge in [0.05, 0.1) is 19.5 Å². The van der Waals surface area contributed by atoms with E-state index in [4.69, 9.17) is 0 Å². The van der Waals surface area contributed by atoms with Crippen LogP contribution in [0.1, 0.15) is 37.1 Å². The van der Waals surface area contributed by atoms with Crippen molar-refractivity contribution in [2.75, 3.05) is 18.5 Å². The summed E-state index contributed by atoms with van der Waals surface area (Å²) in [5.41, 5.74) is 4.39. The van der Waals surface area contributed by atoms with Crippen LogP contribution in [0.25, 0.3) is 0 Å². The number of piperidine rings is 1. The minimum Gasteiger partial charge on any atom is -0.324 e. The fourth-order valence-corrected chi connectivity index (χ4v) is 3.30. The molecule has 0 unspecified atom stereocenters. The second-order valence-corrected chi connectivity index (χ2v) is 6.13. The van der Waals surface area contributed by atoms with Crippen molar-refractivity contribution in [3.8, 4) is 0 Å². The Morgan fingerprint density at radius 3 is 2.41 bits per heavy atom. The quantitative estimate of drug-likeness (QED) is 0.744. The zero-order valence-corrected chi connectivity index (χ0v) is 13.1. The maximum absolute atomic E-state index is 12.6. The molecule has 1 aromatic heterocycles. The average molecular weight is 304 g/mol. The first-order valence-corrected chi connectivity index (χ1v) is 7.85. The van der Waals surface area contributed by atoms with E-state index in [1.54, 1.807) is 0 Å². The fourth-order valence-electron chi connectivity index (χ4n) is 3.30. The molecule has 0 bridgehead atoms. The third-order valence-corrected chi connectivity index (χ3v) is 4.33. The summed E-state index contributed by atoms with van der Waals surface area (Å²) in [6, 6.07) is 1.59.